The van der Waals surface area contributed by atoms with Gasteiger partial charge in [-0.15, -0.1) is 28.9 Å². The first kappa shape index (κ1) is 38.7. The number of allylic oxidation sites excluding steroid dienone is 2. The Morgan fingerprint density at radius 2 is 1.53 bits per heavy atom. The molecule has 5 aromatic rings. The van der Waals surface area contributed by atoms with Crippen molar-refractivity contribution in [3.05, 3.63) is 90.3 Å². The van der Waals surface area contributed by atoms with Crippen LogP contribution in [0.15, 0.2) is 78.7 Å². The van der Waals surface area contributed by atoms with Gasteiger partial charge >= 0.3 is 0 Å². The second kappa shape index (κ2) is 16.3. The first-order chi connectivity index (χ1) is 23.0. The number of aromatic nitrogens is 1. The molecule has 4 nitrogen and oxygen atoms in total. The summed E-state index contributed by atoms with van der Waals surface area (Å²) in [7, 11) is 0.338. The van der Waals surface area contributed by atoms with Crippen LogP contribution in [-0.2, 0) is 24.9 Å². The van der Waals surface area contributed by atoms with Crippen LogP contribution in [0.5, 0.6) is 0 Å². The number of hydrogen-bond acceptors (Lipinski definition) is 5. The molecular formula is C42H51IrN2O2SSi-. The SMILES string of the molecule is CC(C)c1c2c([c-]c3ccccc13)-c1nccc3sc([Si](C)(C)c4ccccc4)c(c13)N2C.CCC(CC)C(=O)/C=C(\O)C(CC)CC.[Ir]. The van der Waals surface area contributed by atoms with E-state index in [2.05, 4.69) is 106 Å². The van der Waals surface area contributed by atoms with Gasteiger partial charge in [0.2, 0.25) is 0 Å². The largest absolute Gasteiger partial charge is 0.512 e. The average Bonchev–Trinajstić information content (AvgIpc) is 3.49. The Balaban J connectivity index is 0.000000290. The van der Waals surface area contributed by atoms with Crippen LogP contribution in [0.1, 0.15) is 78.7 Å². The Morgan fingerprint density at radius 1 is 0.918 bits per heavy atom. The van der Waals surface area contributed by atoms with Crippen LogP contribution < -0.4 is 14.6 Å². The molecule has 3 heterocycles. The van der Waals surface area contributed by atoms with Gasteiger partial charge in [0, 0.05) is 77.2 Å². The van der Waals surface area contributed by atoms with Crippen molar-refractivity contribution in [2.75, 3.05) is 11.9 Å². The third-order valence-electron chi connectivity index (χ3n) is 10.2. The number of nitrogens with zero attached hydrogens (tertiary/aromatic N) is 2. The zero-order valence-corrected chi connectivity index (χ0v) is 34.7. The zero-order valence-electron chi connectivity index (χ0n) is 30.5. The normalized spacial score (nSPS) is 12.7. The second-order valence-electron chi connectivity index (χ2n) is 13.8. The molecule has 261 valence electrons. The van der Waals surface area contributed by atoms with E-state index in [9.17, 15) is 9.90 Å². The summed E-state index contributed by atoms with van der Waals surface area (Å²) in [5, 5.41) is 15.0. The molecule has 3 aromatic carbocycles. The topological polar surface area (TPSA) is 53.4 Å². The smallest absolute Gasteiger partial charge is 0.162 e. The molecule has 1 radical (unpaired) electrons. The van der Waals surface area contributed by atoms with Gasteiger partial charge in [0.1, 0.15) is 8.07 Å². The number of carbonyl (C=O) groups excluding carboxylic acids is 1. The van der Waals surface area contributed by atoms with Crippen molar-refractivity contribution in [2.45, 2.75) is 86.2 Å². The van der Waals surface area contributed by atoms with Gasteiger partial charge < -0.3 is 10.0 Å². The fraction of sp³-hybridized carbons (Fsp3) is 0.381. The fourth-order valence-electron chi connectivity index (χ4n) is 7.23. The summed E-state index contributed by atoms with van der Waals surface area (Å²) >= 11 is 1.96. The van der Waals surface area contributed by atoms with Crippen LogP contribution in [0.3, 0.4) is 0 Å². The van der Waals surface area contributed by atoms with Crippen molar-refractivity contribution in [1.82, 2.24) is 4.98 Å². The van der Waals surface area contributed by atoms with Crippen molar-refractivity contribution in [1.29, 1.82) is 0 Å². The first-order valence-electron chi connectivity index (χ1n) is 17.6. The molecule has 0 saturated heterocycles. The van der Waals surface area contributed by atoms with E-state index in [1.54, 1.807) is 0 Å². The molecule has 2 aromatic heterocycles. The first-order valence-corrected chi connectivity index (χ1v) is 21.4. The summed E-state index contributed by atoms with van der Waals surface area (Å²) in [6.45, 7) is 17.6. The van der Waals surface area contributed by atoms with Gasteiger partial charge in [0.25, 0.3) is 0 Å². The minimum Gasteiger partial charge on any atom is -0.512 e. The maximum atomic E-state index is 11.7. The van der Waals surface area contributed by atoms with Crippen LogP contribution in [0.2, 0.25) is 13.1 Å². The van der Waals surface area contributed by atoms with E-state index in [0.717, 1.165) is 36.9 Å². The van der Waals surface area contributed by atoms with Gasteiger partial charge in [-0.05, 0) is 43.4 Å². The molecule has 1 aliphatic rings. The minimum absolute atomic E-state index is 0. The number of thiophene rings is 1. The Kier molecular flexibility index (Phi) is 12.9. The quantitative estimate of drug-likeness (QED) is 0.0658. The molecule has 0 aliphatic carbocycles. The zero-order chi connectivity index (χ0) is 34.7. The Labute approximate surface area is 312 Å². The maximum absolute atomic E-state index is 11.7. The van der Waals surface area contributed by atoms with Gasteiger partial charge in [-0.25, -0.2) is 0 Å². The van der Waals surface area contributed by atoms with Crippen molar-refractivity contribution < 1.29 is 30.0 Å². The predicted molar refractivity (Wildman–Crippen MR) is 211 cm³/mol. The third-order valence-corrected chi connectivity index (χ3v) is 16.1. The van der Waals surface area contributed by atoms with Crippen molar-refractivity contribution >= 4 is 67.1 Å². The summed E-state index contributed by atoms with van der Waals surface area (Å²) in [5.74, 6) is 0.939. The molecule has 0 atom stereocenters. The molecule has 0 unspecified atom stereocenters. The summed E-state index contributed by atoms with van der Waals surface area (Å²) in [6.07, 6.45) is 6.88. The van der Waals surface area contributed by atoms with E-state index in [0.29, 0.717) is 5.92 Å². The monoisotopic (exact) mass is 868 g/mol. The van der Waals surface area contributed by atoms with E-state index in [1.165, 1.54) is 53.6 Å². The molecule has 0 saturated carbocycles. The van der Waals surface area contributed by atoms with Crippen LogP contribution in [-0.4, -0.2) is 31.0 Å². The van der Waals surface area contributed by atoms with Gasteiger partial charge in [-0.1, -0.05) is 125 Å². The number of aliphatic hydroxyl groups is 1. The van der Waals surface area contributed by atoms with Crippen LogP contribution in [0, 0.1) is 17.9 Å². The number of hydrogen-bond donors (Lipinski definition) is 1. The Bertz CT molecular complexity index is 1940. The summed E-state index contributed by atoms with van der Waals surface area (Å²) in [5.41, 5.74) is 6.25. The van der Waals surface area contributed by atoms with E-state index in [4.69, 9.17) is 4.98 Å². The Hall–Kier alpha value is -3.09. The number of fused-ring (bicyclic) bond motifs is 3. The molecule has 1 aliphatic heterocycles. The second-order valence-corrected chi connectivity index (χ2v) is 19.6. The number of anilines is 2. The fourth-order valence-corrected chi connectivity index (χ4v) is 12.1. The van der Waals surface area contributed by atoms with Gasteiger partial charge in [-0.2, -0.15) is 0 Å². The van der Waals surface area contributed by atoms with Gasteiger partial charge in [0.05, 0.1) is 5.76 Å². The molecule has 49 heavy (non-hydrogen) atoms. The molecule has 1 N–H and O–H groups in total. The molecule has 0 fully saturated rings. The van der Waals surface area contributed by atoms with Gasteiger partial charge in [-0.3, -0.25) is 9.78 Å². The van der Waals surface area contributed by atoms with E-state index >= 15 is 0 Å². The molecule has 0 amide bonds. The molecule has 6 rings (SSSR count). The van der Waals surface area contributed by atoms with E-state index in [-0.39, 0.29) is 43.5 Å². The van der Waals surface area contributed by atoms with E-state index < -0.39 is 8.07 Å². The number of aliphatic hydroxyl groups excluding tert-OH is 1. The third kappa shape index (κ3) is 7.37. The summed E-state index contributed by atoms with van der Waals surface area (Å²) < 4.78 is 2.85. The van der Waals surface area contributed by atoms with E-state index in [1.807, 2.05) is 45.2 Å². The number of rotatable bonds is 10. The Morgan fingerprint density at radius 3 is 2.14 bits per heavy atom. The minimum atomic E-state index is -1.92. The molecule has 0 bridgehead atoms. The summed E-state index contributed by atoms with van der Waals surface area (Å²) in [6, 6.07) is 25.7. The van der Waals surface area contributed by atoms with Crippen molar-refractivity contribution in [2.24, 2.45) is 11.8 Å². The maximum Gasteiger partial charge on any atom is 0.162 e. The number of carbonyl (C=O) groups is 1. The molecule has 0 spiro atoms. The number of benzene rings is 3. The summed E-state index contributed by atoms with van der Waals surface area (Å²) in [4.78, 5) is 19.1. The number of pyridine rings is 1. The number of ketones is 1. The van der Waals surface area contributed by atoms with Crippen molar-refractivity contribution in [3.63, 3.8) is 0 Å². The average molecular weight is 868 g/mol. The molecule has 7 heteroatoms. The van der Waals surface area contributed by atoms with Crippen LogP contribution in [0.4, 0.5) is 11.4 Å². The predicted octanol–water partition coefficient (Wildman–Crippen LogP) is 10.8. The van der Waals surface area contributed by atoms with Gasteiger partial charge in [0.15, 0.2) is 5.78 Å². The van der Waals surface area contributed by atoms with Crippen LogP contribution >= 0.6 is 11.3 Å². The molecular weight excluding hydrogens is 817 g/mol. The standard InChI is InChI=1S/C29H27N2SSi.C13H24O2.Ir/c1-18(2)24-21-14-10-9-11-19(21)17-22-26-25-23(15-16-30-26)32-29(28(25)31(3)27(22)24)33(4,5)20-12-7-6-8-13-20;1-5-10(6-2)12(14)9-13(15)11(7-3)8-4;/h6-16,18H,1-5H3;9-11,14H,5-8H2,1-4H3;/q-1;;/b;12-9-;. The van der Waals surface area contributed by atoms with Crippen LogP contribution in [0.25, 0.3) is 32.1 Å². The van der Waals surface area contributed by atoms with Crippen molar-refractivity contribution in [3.8, 4) is 11.3 Å².